The van der Waals surface area contributed by atoms with Crippen LogP contribution >= 0.6 is 0 Å². The molecule has 5 nitrogen and oxygen atoms in total. The predicted octanol–water partition coefficient (Wildman–Crippen LogP) is 6.06. The van der Waals surface area contributed by atoms with Gasteiger partial charge >= 0.3 is 0 Å². The van der Waals surface area contributed by atoms with Crippen LogP contribution in [-0.4, -0.2) is 48.4 Å². The van der Waals surface area contributed by atoms with Crippen LogP contribution in [0.4, 0.5) is 4.39 Å². The number of carbonyl (C=O) groups is 2. The molecule has 1 atom stereocenters. The summed E-state index contributed by atoms with van der Waals surface area (Å²) in [5, 5.41) is 0. The smallest absolute Gasteiger partial charge is 0.230 e. The second kappa shape index (κ2) is 12.7. The Labute approximate surface area is 225 Å². The first kappa shape index (κ1) is 27.4. The van der Waals surface area contributed by atoms with E-state index in [1.807, 2.05) is 79.5 Å². The number of rotatable bonds is 10. The quantitative estimate of drug-likeness (QED) is 0.329. The Morgan fingerprint density at radius 3 is 2.16 bits per heavy atom. The topological polar surface area (TPSA) is 49.9 Å². The summed E-state index contributed by atoms with van der Waals surface area (Å²) >= 11 is 0. The molecule has 1 aliphatic rings. The molecule has 1 saturated heterocycles. The summed E-state index contributed by atoms with van der Waals surface area (Å²) in [4.78, 5) is 30.5. The van der Waals surface area contributed by atoms with Gasteiger partial charge in [-0.1, -0.05) is 67.6 Å². The van der Waals surface area contributed by atoms with E-state index in [0.29, 0.717) is 51.3 Å². The minimum absolute atomic E-state index is 0.0482. The third-order valence-corrected chi connectivity index (χ3v) is 7.62. The molecular formula is C32H37FN2O3. The van der Waals surface area contributed by atoms with Gasteiger partial charge in [0.15, 0.2) is 0 Å². The third-order valence-electron chi connectivity index (χ3n) is 7.62. The number of nitrogens with zero attached hydrogens (tertiary/aromatic N) is 2. The third kappa shape index (κ3) is 7.00. The number of piperidine rings is 1. The summed E-state index contributed by atoms with van der Waals surface area (Å²) in [5.74, 6) is 0.272. The van der Waals surface area contributed by atoms with E-state index >= 15 is 0 Å². The Morgan fingerprint density at radius 2 is 1.55 bits per heavy atom. The van der Waals surface area contributed by atoms with E-state index in [1.165, 1.54) is 12.1 Å². The van der Waals surface area contributed by atoms with Crippen LogP contribution < -0.4 is 4.74 Å². The molecule has 0 spiro atoms. The van der Waals surface area contributed by atoms with Gasteiger partial charge in [-0.25, -0.2) is 4.39 Å². The van der Waals surface area contributed by atoms with Gasteiger partial charge in [0.2, 0.25) is 11.8 Å². The van der Waals surface area contributed by atoms with Gasteiger partial charge in [0.1, 0.15) is 11.6 Å². The summed E-state index contributed by atoms with van der Waals surface area (Å²) in [6, 6.07) is 25.8. The molecule has 0 saturated carbocycles. The van der Waals surface area contributed by atoms with Gasteiger partial charge < -0.3 is 14.5 Å². The highest BCUT2D eigenvalue weighted by atomic mass is 19.1. The van der Waals surface area contributed by atoms with E-state index in [0.717, 1.165) is 17.5 Å². The van der Waals surface area contributed by atoms with Crippen LogP contribution in [-0.2, 0) is 16.1 Å². The van der Waals surface area contributed by atoms with Crippen molar-refractivity contribution in [3.63, 3.8) is 0 Å². The van der Waals surface area contributed by atoms with E-state index in [4.69, 9.17) is 4.74 Å². The molecule has 1 aliphatic heterocycles. The van der Waals surface area contributed by atoms with E-state index in [2.05, 4.69) is 0 Å². The summed E-state index contributed by atoms with van der Waals surface area (Å²) in [7, 11) is 1.83. The number of hydrogen-bond donors (Lipinski definition) is 0. The molecule has 1 fully saturated rings. The molecule has 0 unspecified atom stereocenters. The first-order chi connectivity index (χ1) is 18.4. The number of benzene rings is 3. The van der Waals surface area contributed by atoms with Crippen LogP contribution in [0.2, 0.25) is 0 Å². The molecule has 3 aromatic carbocycles. The molecule has 3 aromatic rings. The zero-order valence-corrected chi connectivity index (χ0v) is 22.3. The molecule has 2 amide bonds. The Balaban J connectivity index is 1.45. The molecule has 1 heterocycles. The number of ether oxygens (including phenoxy) is 1. The number of amides is 2. The lowest BCUT2D eigenvalue weighted by Crippen LogP contribution is -2.48. The van der Waals surface area contributed by atoms with Gasteiger partial charge in [-0.15, -0.1) is 0 Å². The SMILES string of the molecule is CC[C@@H](C(=O)N1CCC(COc2ccc(F)cc2)(CC(=O)N(C)Cc2ccccc2)CC1)c1ccccc1. The minimum atomic E-state index is -0.415. The standard InChI is InChI=1S/C32H37FN2O3/c1-3-29(26-12-8-5-9-13-26)31(37)35-20-18-32(19-21-35,24-38-28-16-14-27(33)15-17-28)22-30(36)34(2)23-25-10-6-4-7-11-25/h4-17,29H,3,18-24H2,1-2H3/t29-/m1/s1. The van der Waals surface area contributed by atoms with Gasteiger partial charge in [0.05, 0.1) is 12.5 Å². The fraction of sp³-hybridized carbons (Fsp3) is 0.375. The van der Waals surface area contributed by atoms with Crippen LogP contribution in [0.1, 0.15) is 49.7 Å². The molecule has 0 bridgehead atoms. The number of hydrogen-bond acceptors (Lipinski definition) is 3. The number of likely N-dealkylation sites (tertiary alicyclic amines) is 1. The number of halogens is 1. The van der Waals surface area contributed by atoms with Gasteiger partial charge in [0.25, 0.3) is 0 Å². The molecule has 0 N–H and O–H groups in total. The van der Waals surface area contributed by atoms with Crippen molar-refractivity contribution >= 4 is 11.8 Å². The molecule has 0 aliphatic carbocycles. The average molecular weight is 517 g/mol. The van der Waals surface area contributed by atoms with Crippen molar-refractivity contribution in [2.75, 3.05) is 26.7 Å². The summed E-state index contributed by atoms with van der Waals surface area (Å²) < 4.78 is 19.5. The Morgan fingerprint density at radius 1 is 0.947 bits per heavy atom. The van der Waals surface area contributed by atoms with Crippen LogP contribution in [0.15, 0.2) is 84.9 Å². The molecule has 200 valence electrons. The molecular weight excluding hydrogens is 479 g/mol. The van der Waals surface area contributed by atoms with Crippen molar-refractivity contribution in [3.8, 4) is 5.75 Å². The Bertz CT molecular complexity index is 1180. The normalized spacial score (nSPS) is 15.5. The largest absolute Gasteiger partial charge is 0.493 e. The molecule has 6 heteroatoms. The van der Waals surface area contributed by atoms with Crippen molar-refractivity contribution in [1.82, 2.24) is 9.80 Å². The second-order valence-electron chi connectivity index (χ2n) is 10.4. The van der Waals surface area contributed by atoms with Gasteiger partial charge in [-0.3, -0.25) is 9.59 Å². The first-order valence-electron chi connectivity index (χ1n) is 13.4. The fourth-order valence-electron chi connectivity index (χ4n) is 5.20. The Kier molecular flexibility index (Phi) is 9.16. The Hall–Kier alpha value is -3.67. The van der Waals surface area contributed by atoms with Crippen LogP contribution in [0.5, 0.6) is 5.75 Å². The monoisotopic (exact) mass is 516 g/mol. The highest BCUT2D eigenvalue weighted by molar-refractivity contribution is 5.84. The zero-order valence-electron chi connectivity index (χ0n) is 22.3. The molecule has 4 rings (SSSR count). The van der Waals surface area contributed by atoms with E-state index in [-0.39, 0.29) is 23.5 Å². The summed E-state index contributed by atoms with van der Waals surface area (Å²) in [5.41, 5.74) is 1.70. The van der Waals surface area contributed by atoms with Crippen LogP contribution in [0.3, 0.4) is 0 Å². The highest BCUT2D eigenvalue weighted by Gasteiger charge is 2.40. The summed E-state index contributed by atoms with van der Waals surface area (Å²) in [6.45, 7) is 4.06. The minimum Gasteiger partial charge on any atom is -0.493 e. The maximum absolute atomic E-state index is 13.5. The van der Waals surface area contributed by atoms with Crippen LogP contribution in [0.25, 0.3) is 0 Å². The van der Waals surface area contributed by atoms with Crippen molar-refractivity contribution in [2.24, 2.45) is 5.41 Å². The lowest BCUT2D eigenvalue weighted by molar-refractivity contribution is -0.138. The van der Waals surface area contributed by atoms with E-state index in [9.17, 15) is 14.0 Å². The van der Waals surface area contributed by atoms with Crippen molar-refractivity contribution in [2.45, 2.75) is 45.1 Å². The van der Waals surface area contributed by atoms with Crippen molar-refractivity contribution < 1.29 is 18.7 Å². The second-order valence-corrected chi connectivity index (χ2v) is 10.4. The maximum Gasteiger partial charge on any atom is 0.230 e. The molecule has 0 radical (unpaired) electrons. The lowest BCUT2D eigenvalue weighted by Gasteiger charge is -2.42. The van der Waals surface area contributed by atoms with E-state index in [1.54, 1.807) is 17.0 Å². The molecule has 0 aromatic heterocycles. The molecule has 38 heavy (non-hydrogen) atoms. The lowest BCUT2D eigenvalue weighted by atomic mass is 9.75. The van der Waals surface area contributed by atoms with Crippen molar-refractivity contribution in [3.05, 3.63) is 102 Å². The predicted molar refractivity (Wildman–Crippen MR) is 147 cm³/mol. The average Bonchev–Trinajstić information content (AvgIpc) is 2.94. The number of carbonyl (C=O) groups excluding carboxylic acids is 2. The first-order valence-corrected chi connectivity index (χ1v) is 13.4. The zero-order chi connectivity index (χ0) is 27.0. The van der Waals surface area contributed by atoms with Gasteiger partial charge in [-0.2, -0.15) is 0 Å². The summed E-state index contributed by atoms with van der Waals surface area (Å²) in [6.07, 6.45) is 2.39. The highest BCUT2D eigenvalue weighted by Crippen LogP contribution is 2.38. The van der Waals surface area contributed by atoms with Crippen LogP contribution in [0, 0.1) is 11.2 Å². The maximum atomic E-state index is 13.5. The van der Waals surface area contributed by atoms with Crippen molar-refractivity contribution in [1.29, 1.82) is 0 Å². The van der Waals surface area contributed by atoms with Gasteiger partial charge in [-0.05, 0) is 54.7 Å². The van der Waals surface area contributed by atoms with E-state index < -0.39 is 5.41 Å². The fourth-order valence-corrected chi connectivity index (χ4v) is 5.20. The van der Waals surface area contributed by atoms with Gasteiger partial charge in [0, 0.05) is 38.5 Å².